The molecule has 5 nitrogen and oxygen atoms in total. The highest BCUT2D eigenvalue weighted by Gasteiger charge is 2.33. The highest BCUT2D eigenvalue weighted by atomic mass is 32.2. The third-order valence-electron chi connectivity index (χ3n) is 5.37. The molecule has 0 bridgehead atoms. The summed E-state index contributed by atoms with van der Waals surface area (Å²) in [5, 5.41) is 4.03. The van der Waals surface area contributed by atoms with Crippen LogP contribution in [-0.2, 0) is 16.3 Å². The Labute approximate surface area is 176 Å². The van der Waals surface area contributed by atoms with E-state index in [4.69, 9.17) is 12.2 Å². The van der Waals surface area contributed by atoms with E-state index < -0.39 is 9.84 Å². The van der Waals surface area contributed by atoms with Gasteiger partial charge in [-0.3, -0.25) is 4.90 Å². The molecule has 0 unspecified atom stereocenters. The number of nitrogens with zero attached hydrogens (tertiary/aromatic N) is 2. The van der Waals surface area contributed by atoms with Crippen LogP contribution in [-0.4, -0.2) is 72.6 Å². The van der Waals surface area contributed by atoms with Crippen molar-refractivity contribution in [1.82, 2.24) is 15.1 Å². The van der Waals surface area contributed by atoms with Crippen LogP contribution in [0.25, 0.3) is 0 Å². The van der Waals surface area contributed by atoms with Crippen LogP contribution in [0.4, 0.5) is 0 Å². The van der Waals surface area contributed by atoms with E-state index in [1.165, 1.54) is 5.56 Å². The minimum absolute atomic E-state index is 0.0251. The summed E-state index contributed by atoms with van der Waals surface area (Å²) in [6.07, 6.45) is 1.55. The molecule has 1 N–H and O–H groups in total. The van der Waals surface area contributed by atoms with E-state index in [1.807, 2.05) is 18.2 Å². The molecule has 7 heteroatoms. The fourth-order valence-electron chi connectivity index (χ4n) is 3.87. The van der Waals surface area contributed by atoms with Gasteiger partial charge in [0.2, 0.25) is 0 Å². The lowest BCUT2D eigenvalue weighted by Crippen LogP contribution is -2.51. The largest absolute Gasteiger partial charge is 0.362 e. The van der Waals surface area contributed by atoms with Gasteiger partial charge in [0.15, 0.2) is 14.9 Å². The SMILES string of the molecule is CC(C)N(CCN(C(=S)NCCc1ccccc1)[C@@H]1CCS(=O)(=O)C1)C(C)C. The zero-order valence-electron chi connectivity index (χ0n) is 17.6. The van der Waals surface area contributed by atoms with Crippen LogP contribution in [0.2, 0.25) is 0 Å². The number of nitrogens with one attached hydrogen (secondary N) is 1. The van der Waals surface area contributed by atoms with Crippen LogP contribution in [0.3, 0.4) is 0 Å². The Hall–Kier alpha value is -1.18. The summed E-state index contributed by atoms with van der Waals surface area (Å²) in [5.74, 6) is 0.468. The van der Waals surface area contributed by atoms with E-state index in [-0.39, 0.29) is 17.5 Å². The first-order valence-electron chi connectivity index (χ1n) is 10.2. The molecule has 0 spiro atoms. The molecule has 1 fully saturated rings. The van der Waals surface area contributed by atoms with E-state index in [0.29, 0.717) is 23.6 Å². The molecule has 1 heterocycles. The Morgan fingerprint density at radius 3 is 2.32 bits per heavy atom. The Bertz CT molecular complexity index is 712. The molecule has 1 atom stereocenters. The zero-order valence-corrected chi connectivity index (χ0v) is 19.2. The Kier molecular flexibility index (Phi) is 8.71. The summed E-state index contributed by atoms with van der Waals surface area (Å²) in [6, 6.07) is 11.2. The van der Waals surface area contributed by atoms with Crippen LogP contribution in [0, 0.1) is 0 Å². The first-order chi connectivity index (χ1) is 13.2. The molecule has 1 aliphatic rings. The van der Waals surface area contributed by atoms with Crippen molar-refractivity contribution < 1.29 is 8.42 Å². The highest BCUT2D eigenvalue weighted by molar-refractivity contribution is 7.91. The molecule has 1 aliphatic heterocycles. The first-order valence-corrected chi connectivity index (χ1v) is 12.5. The summed E-state index contributed by atoms with van der Waals surface area (Å²) in [7, 11) is -2.95. The fourth-order valence-corrected chi connectivity index (χ4v) is 5.94. The van der Waals surface area contributed by atoms with Crippen molar-refractivity contribution in [2.45, 2.75) is 58.7 Å². The van der Waals surface area contributed by atoms with Crippen molar-refractivity contribution in [3.05, 3.63) is 35.9 Å². The van der Waals surface area contributed by atoms with Crippen LogP contribution in [0.1, 0.15) is 39.7 Å². The quantitative estimate of drug-likeness (QED) is 0.614. The summed E-state index contributed by atoms with van der Waals surface area (Å²) in [5.41, 5.74) is 1.26. The molecular weight excluding hydrogens is 390 g/mol. The maximum absolute atomic E-state index is 12.0. The molecule has 28 heavy (non-hydrogen) atoms. The summed E-state index contributed by atoms with van der Waals surface area (Å²) in [4.78, 5) is 4.53. The van der Waals surface area contributed by atoms with Crippen molar-refractivity contribution in [3.63, 3.8) is 0 Å². The molecule has 158 valence electrons. The van der Waals surface area contributed by atoms with Crippen molar-refractivity contribution in [2.24, 2.45) is 0 Å². The normalized spacial score (nSPS) is 18.8. The summed E-state index contributed by atoms with van der Waals surface area (Å²) < 4.78 is 24.0. The lowest BCUT2D eigenvalue weighted by Gasteiger charge is -2.36. The van der Waals surface area contributed by atoms with Crippen molar-refractivity contribution in [2.75, 3.05) is 31.1 Å². The van der Waals surface area contributed by atoms with Gasteiger partial charge >= 0.3 is 0 Å². The van der Waals surface area contributed by atoms with Gasteiger partial charge in [0.25, 0.3) is 0 Å². The van der Waals surface area contributed by atoms with Gasteiger partial charge in [-0.25, -0.2) is 8.42 Å². The Morgan fingerprint density at radius 1 is 1.14 bits per heavy atom. The first kappa shape index (κ1) is 23.1. The van der Waals surface area contributed by atoms with Gasteiger partial charge in [-0.1, -0.05) is 30.3 Å². The van der Waals surface area contributed by atoms with Crippen LogP contribution in [0.15, 0.2) is 30.3 Å². The highest BCUT2D eigenvalue weighted by Crippen LogP contribution is 2.18. The van der Waals surface area contributed by atoms with Gasteiger partial charge in [0.05, 0.1) is 11.5 Å². The van der Waals surface area contributed by atoms with Crippen LogP contribution >= 0.6 is 12.2 Å². The zero-order chi connectivity index (χ0) is 20.7. The van der Waals surface area contributed by atoms with Crippen molar-refractivity contribution in [1.29, 1.82) is 0 Å². The number of hydrogen-bond donors (Lipinski definition) is 1. The van der Waals surface area contributed by atoms with Gasteiger partial charge in [0, 0.05) is 37.8 Å². The third kappa shape index (κ3) is 7.01. The Morgan fingerprint density at radius 2 is 1.79 bits per heavy atom. The summed E-state index contributed by atoms with van der Waals surface area (Å²) >= 11 is 5.69. The van der Waals surface area contributed by atoms with Gasteiger partial charge in [-0.15, -0.1) is 0 Å². The van der Waals surface area contributed by atoms with E-state index in [9.17, 15) is 8.42 Å². The molecular formula is C21H35N3O2S2. The van der Waals surface area contributed by atoms with E-state index in [1.54, 1.807) is 0 Å². The second-order valence-electron chi connectivity index (χ2n) is 8.14. The second-order valence-corrected chi connectivity index (χ2v) is 10.8. The monoisotopic (exact) mass is 425 g/mol. The molecule has 0 saturated carbocycles. The standard InChI is InChI=1S/C21H35N3O2S2/c1-17(2)23(18(3)4)13-14-24(20-11-15-28(25,26)16-20)21(27)22-12-10-19-8-6-5-7-9-19/h5-9,17-18,20H,10-16H2,1-4H3,(H,22,27)/t20-/m1/s1. The van der Waals surface area contributed by atoms with Crippen LogP contribution < -0.4 is 5.32 Å². The molecule has 0 aromatic heterocycles. The van der Waals surface area contributed by atoms with Gasteiger partial charge in [-0.05, 0) is 58.3 Å². The number of rotatable bonds is 9. The number of thiocarbonyl (C=S) groups is 1. The average molecular weight is 426 g/mol. The minimum atomic E-state index is -2.95. The van der Waals surface area contributed by atoms with Gasteiger partial charge in [0.1, 0.15) is 0 Å². The van der Waals surface area contributed by atoms with Gasteiger partial charge < -0.3 is 10.2 Å². The fraction of sp³-hybridized carbons (Fsp3) is 0.667. The van der Waals surface area contributed by atoms with Gasteiger partial charge in [-0.2, -0.15) is 0 Å². The predicted octanol–water partition coefficient (Wildman–Crippen LogP) is 2.71. The molecule has 0 aliphatic carbocycles. The Balaban J connectivity index is 1.99. The topological polar surface area (TPSA) is 52.6 Å². The minimum Gasteiger partial charge on any atom is -0.362 e. The van der Waals surface area contributed by atoms with E-state index >= 15 is 0 Å². The molecule has 1 aromatic carbocycles. The number of sulfone groups is 1. The third-order valence-corrected chi connectivity index (χ3v) is 7.50. The predicted molar refractivity (Wildman–Crippen MR) is 121 cm³/mol. The molecule has 1 saturated heterocycles. The maximum Gasteiger partial charge on any atom is 0.169 e. The van der Waals surface area contributed by atoms with E-state index in [0.717, 1.165) is 26.1 Å². The molecule has 2 rings (SSSR count). The lowest BCUT2D eigenvalue weighted by atomic mass is 10.1. The summed E-state index contributed by atoms with van der Waals surface area (Å²) in [6.45, 7) is 11.1. The smallest absolute Gasteiger partial charge is 0.169 e. The molecule has 0 amide bonds. The van der Waals surface area contributed by atoms with Crippen molar-refractivity contribution >= 4 is 27.2 Å². The van der Waals surface area contributed by atoms with Crippen LogP contribution in [0.5, 0.6) is 0 Å². The van der Waals surface area contributed by atoms with Crippen molar-refractivity contribution in [3.8, 4) is 0 Å². The number of hydrogen-bond acceptors (Lipinski definition) is 4. The van der Waals surface area contributed by atoms with E-state index in [2.05, 4.69) is 54.9 Å². The molecule has 0 radical (unpaired) electrons. The maximum atomic E-state index is 12.0. The number of benzene rings is 1. The lowest BCUT2D eigenvalue weighted by molar-refractivity contribution is 0.154. The average Bonchev–Trinajstić information content (AvgIpc) is 2.98. The molecule has 1 aromatic rings. The second kappa shape index (κ2) is 10.6.